The van der Waals surface area contributed by atoms with Crippen LogP contribution in [0.3, 0.4) is 0 Å². The maximum absolute atomic E-state index is 12.6. The molecule has 0 bridgehead atoms. The Hall–Kier alpha value is -2.52. The van der Waals surface area contributed by atoms with Crippen LogP contribution in [0.1, 0.15) is 19.3 Å². The summed E-state index contributed by atoms with van der Waals surface area (Å²) in [5, 5.41) is 2.90. The Balaban J connectivity index is 1.45. The molecule has 2 fully saturated rings. The molecule has 0 aromatic heterocycles. The third kappa shape index (κ3) is 6.01. The lowest BCUT2D eigenvalue weighted by Crippen LogP contribution is -2.47. The van der Waals surface area contributed by atoms with Crippen molar-refractivity contribution >= 4 is 17.5 Å². The molecule has 0 spiro atoms. The zero-order valence-corrected chi connectivity index (χ0v) is 18.6. The van der Waals surface area contributed by atoms with Crippen LogP contribution in [0.4, 0.5) is 5.69 Å². The summed E-state index contributed by atoms with van der Waals surface area (Å²) in [6.07, 6.45) is 2.05. The van der Waals surface area contributed by atoms with Gasteiger partial charge >= 0.3 is 0 Å². The third-order valence-corrected chi connectivity index (χ3v) is 5.86. The number of ether oxygens (including phenoxy) is 4. The number of benzene rings is 1. The summed E-state index contributed by atoms with van der Waals surface area (Å²) in [7, 11) is 4.61. The van der Waals surface area contributed by atoms with Gasteiger partial charge < -0.3 is 34.1 Å². The van der Waals surface area contributed by atoms with E-state index in [1.54, 1.807) is 12.1 Å². The van der Waals surface area contributed by atoms with Crippen molar-refractivity contribution in [1.82, 2.24) is 9.80 Å². The van der Waals surface area contributed by atoms with Crippen LogP contribution < -0.4 is 19.5 Å². The number of likely N-dealkylation sites (tertiary alicyclic amines) is 1. The zero-order valence-electron chi connectivity index (χ0n) is 18.6. The van der Waals surface area contributed by atoms with E-state index in [1.807, 2.05) is 4.90 Å². The van der Waals surface area contributed by atoms with E-state index in [0.29, 0.717) is 62.2 Å². The number of piperidine rings is 1. The molecule has 1 aromatic carbocycles. The highest BCUT2D eigenvalue weighted by Crippen LogP contribution is 2.39. The predicted molar refractivity (Wildman–Crippen MR) is 116 cm³/mol. The standard InChI is InChI=1S/C22H33N3O6/c1-28-18-14-17(15-19(29-2)21(18)30-3)23-20(26)6-9-24-7-4-16(5-8-24)22(27)25-10-12-31-13-11-25/h14-16H,4-13H2,1-3H3,(H,23,26). The normalized spacial score (nSPS) is 17.8. The topological polar surface area (TPSA) is 89.6 Å². The lowest BCUT2D eigenvalue weighted by Gasteiger charge is -2.35. The number of morpholine rings is 1. The van der Waals surface area contributed by atoms with E-state index in [1.165, 1.54) is 21.3 Å². The number of nitrogens with one attached hydrogen (secondary N) is 1. The molecule has 0 aliphatic carbocycles. The average molecular weight is 436 g/mol. The fourth-order valence-electron chi connectivity index (χ4n) is 4.08. The molecule has 3 rings (SSSR count). The van der Waals surface area contributed by atoms with Crippen molar-refractivity contribution in [3.63, 3.8) is 0 Å². The fourth-order valence-corrected chi connectivity index (χ4v) is 4.08. The fraction of sp³-hybridized carbons (Fsp3) is 0.636. The van der Waals surface area contributed by atoms with Gasteiger partial charge in [-0.1, -0.05) is 0 Å². The van der Waals surface area contributed by atoms with Crippen LogP contribution in [-0.2, 0) is 14.3 Å². The van der Waals surface area contributed by atoms with Crippen LogP contribution in [0.25, 0.3) is 0 Å². The molecule has 0 unspecified atom stereocenters. The number of rotatable bonds is 8. The lowest BCUT2D eigenvalue weighted by atomic mass is 9.95. The smallest absolute Gasteiger partial charge is 0.225 e. The molecule has 0 radical (unpaired) electrons. The molecule has 2 aliphatic rings. The van der Waals surface area contributed by atoms with Gasteiger partial charge in [-0.25, -0.2) is 0 Å². The Morgan fingerprint density at radius 3 is 2.16 bits per heavy atom. The number of carbonyl (C=O) groups is 2. The summed E-state index contributed by atoms with van der Waals surface area (Å²) in [6.45, 7) is 4.97. The molecule has 2 amide bonds. The largest absolute Gasteiger partial charge is 0.493 e. The second-order valence-electron chi connectivity index (χ2n) is 7.77. The van der Waals surface area contributed by atoms with Gasteiger partial charge in [-0.05, 0) is 25.9 Å². The van der Waals surface area contributed by atoms with E-state index in [0.717, 1.165) is 25.9 Å². The van der Waals surface area contributed by atoms with Gasteiger partial charge in [-0.3, -0.25) is 9.59 Å². The minimum Gasteiger partial charge on any atom is -0.493 e. The first-order valence-electron chi connectivity index (χ1n) is 10.7. The highest BCUT2D eigenvalue weighted by molar-refractivity contribution is 5.91. The van der Waals surface area contributed by atoms with Gasteiger partial charge in [0.15, 0.2) is 11.5 Å². The monoisotopic (exact) mass is 435 g/mol. The van der Waals surface area contributed by atoms with Crippen LogP contribution in [0, 0.1) is 5.92 Å². The molecule has 2 saturated heterocycles. The molecular formula is C22H33N3O6. The first-order valence-corrected chi connectivity index (χ1v) is 10.7. The summed E-state index contributed by atoms with van der Waals surface area (Å²) < 4.78 is 21.3. The van der Waals surface area contributed by atoms with Crippen molar-refractivity contribution in [2.75, 3.05) is 72.6 Å². The van der Waals surface area contributed by atoms with Crippen molar-refractivity contribution in [3.05, 3.63) is 12.1 Å². The second-order valence-corrected chi connectivity index (χ2v) is 7.77. The molecule has 31 heavy (non-hydrogen) atoms. The highest BCUT2D eigenvalue weighted by atomic mass is 16.5. The van der Waals surface area contributed by atoms with Crippen LogP contribution in [0.2, 0.25) is 0 Å². The van der Waals surface area contributed by atoms with E-state index < -0.39 is 0 Å². The molecule has 1 aromatic rings. The van der Waals surface area contributed by atoms with Gasteiger partial charge in [-0.2, -0.15) is 0 Å². The predicted octanol–water partition coefficient (Wildman–Crippen LogP) is 1.61. The summed E-state index contributed by atoms with van der Waals surface area (Å²) in [5.74, 6) is 1.72. The van der Waals surface area contributed by atoms with Crippen LogP contribution in [0.5, 0.6) is 17.2 Å². The minimum absolute atomic E-state index is 0.0826. The summed E-state index contributed by atoms with van der Waals surface area (Å²) in [6, 6.07) is 3.42. The van der Waals surface area contributed by atoms with Gasteiger partial charge in [0, 0.05) is 49.8 Å². The van der Waals surface area contributed by atoms with Crippen molar-refractivity contribution in [2.24, 2.45) is 5.92 Å². The third-order valence-electron chi connectivity index (χ3n) is 5.86. The number of hydrogen-bond acceptors (Lipinski definition) is 7. The van der Waals surface area contributed by atoms with Crippen molar-refractivity contribution in [3.8, 4) is 17.2 Å². The Labute approximate surface area is 183 Å². The summed E-state index contributed by atoms with van der Waals surface area (Å²) in [4.78, 5) is 29.3. The number of carbonyl (C=O) groups excluding carboxylic acids is 2. The molecular weight excluding hydrogens is 402 g/mol. The number of methoxy groups -OCH3 is 3. The Morgan fingerprint density at radius 1 is 1.00 bits per heavy atom. The van der Waals surface area contributed by atoms with Crippen LogP contribution in [-0.4, -0.2) is 88.9 Å². The molecule has 0 atom stereocenters. The molecule has 2 heterocycles. The van der Waals surface area contributed by atoms with Gasteiger partial charge in [0.2, 0.25) is 17.6 Å². The van der Waals surface area contributed by atoms with Crippen molar-refractivity contribution in [1.29, 1.82) is 0 Å². The molecule has 2 aliphatic heterocycles. The first kappa shape index (κ1) is 23.1. The quantitative estimate of drug-likeness (QED) is 0.664. The van der Waals surface area contributed by atoms with Gasteiger partial charge in [0.05, 0.1) is 34.5 Å². The lowest BCUT2D eigenvalue weighted by molar-refractivity contribution is -0.141. The number of hydrogen-bond donors (Lipinski definition) is 1. The molecule has 172 valence electrons. The van der Waals surface area contributed by atoms with Gasteiger partial charge in [0.25, 0.3) is 0 Å². The first-order chi connectivity index (χ1) is 15.0. The molecule has 0 saturated carbocycles. The van der Waals surface area contributed by atoms with Crippen LogP contribution >= 0.6 is 0 Å². The number of anilines is 1. The SMILES string of the molecule is COc1cc(NC(=O)CCN2CCC(C(=O)N3CCOCC3)CC2)cc(OC)c1OC. The Bertz CT molecular complexity index is 733. The van der Waals surface area contributed by atoms with E-state index in [2.05, 4.69) is 10.2 Å². The Morgan fingerprint density at radius 2 is 1.61 bits per heavy atom. The van der Waals surface area contributed by atoms with Crippen molar-refractivity contribution in [2.45, 2.75) is 19.3 Å². The van der Waals surface area contributed by atoms with Gasteiger partial charge in [0.1, 0.15) is 0 Å². The zero-order chi connectivity index (χ0) is 22.2. The number of nitrogens with zero attached hydrogens (tertiary/aromatic N) is 2. The van der Waals surface area contributed by atoms with Crippen molar-refractivity contribution < 1.29 is 28.5 Å². The molecule has 9 nitrogen and oxygen atoms in total. The highest BCUT2D eigenvalue weighted by Gasteiger charge is 2.29. The van der Waals surface area contributed by atoms with E-state index >= 15 is 0 Å². The van der Waals surface area contributed by atoms with E-state index in [4.69, 9.17) is 18.9 Å². The molecule has 1 N–H and O–H groups in total. The second kappa shape index (κ2) is 11.2. The van der Waals surface area contributed by atoms with Crippen LogP contribution in [0.15, 0.2) is 12.1 Å². The maximum atomic E-state index is 12.6. The van der Waals surface area contributed by atoms with Gasteiger partial charge in [-0.15, -0.1) is 0 Å². The molecule has 9 heteroatoms. The van der Waals surface area contributed by atoms with E-state index in [9.17, 15) is 9.59 Å². The average Bonchev–Trinajstić information content (AvgIpc) is 2.82. The Kier molecular flexibility index (Phi) is 8.36. The summed E-state index contributed by atoms with van der Waals surface area (Å²) in [5.41, 5.74) is 0.592. The van der Waals surface area contributed by atoms with E-state index in [-0.39, 0.29) is 17.7 Å². The maximum Gasteiger partial charge on any atom is 0.225 e. The number of amides is 2. The summed E-state index contributed by atoms with van der Waals surface area (Å²) >= 11 is 0. The minimum atomic E-state index is -0.0826.